The average Bonchev–Trinajstić information content (AvgIpc) is 1.78. The van der Waals surface area contributed by atoms with Crippen molar-refractivity contribution in [2.75, 3.05) is 6.61 Å². The van der Waals surface area contributed by atoms with Crippen LogP contribution in [0.2, 0.25) is 0 Å². The van der Waals surface area contributed by atoms with Crippen LogP contribution < -0.4 is 5.32 Å². The highest BCUT2D eigenvalue weighted by atomic mass is 16.5. The molecule has 0 saturated heterocycles. The van der Waals surface area contributed by atoms with E-state index < -0.39 is 0 Å². The predicted molar refractivity (Wildman–Crippen MR) is 58.2 cm³/mol. The molecule has 0 rings (SSSR count). The van der Waals surface area contributed by atoms with Crippen LogP contribution in [0.25, 0.3) is 0 Å². The summed E-state index contributed by atoms with van der Waals surface area (Å²) in [5.41, 5.74) is 0.0768. The van der Waals surface area contributed by atoms with Gasteiger partial charge in [0.15, 0.2) is 0 Å². The van der Waals surface area contributed by atoms with Gasteiger partial charge >= 0.3 is 5.97 Å². The molecule has 84 valence electrons. The monoisotopic (exact) mass is 201 g/mol. The van der Waals surface area contributed by atoms with Crippen molar-refractivity contribution in [1.29, 1.82) is 0 Å². The maximum atomic E-state index is 10.6. The fourth-order valence-corrected chi connectivity index (χ4v) is 1.53. The smallest absolute Gasteiger partial charge is 0.302 e. The van der Waals surface area contributed by atoms with Gasteiger partial charge in [0.25, 0.3) is 0 Å². The molecule has 3 nitrogen and oxygen atoms in total. The third-order valence-electron chi connectivity index (χ3n) is 1.75. The molecule has 14 heavy (non-hydrogen) atoms. The SMILES string of the molecule is CC(=O)OCCC(C)(C)NC(C)(C)C. The molecule has 0 fully saturated rings. The molecule has 0 heterocycles. The van der Waals surface area contributed by atoms with E-state index in [1.807, 2.05) is 0 Å². The summed E-state index contributed by atoms with van der Waals surface area (Å²) in [5, 5.41) is 3.48. The van der Waals surface area contributed by atoms with Crippen LogP contribution in [0.1, 0.15) is 48.0 Å². The molecule has 0 aromatic carbocycles. The minimum atomic E-state index is -0.212. The van der Waals surface area contributed by atoms with Crippen molar-refractivity contribution < 1.29 is 9.53 Å². The molecular formula is C11H23NO2. The number of nitrogens with one attached hydrogen (secondary N) is 1. The van der Waals surface area contributed by atoms with Crippen LogP contribution in [0.5, 0.6) is 0 Å². The molecule has 0 saturated carbocycles. The average molecular weight is 201 g/mol. The molecule has 1 N–H and O–H groups in total. The largest absolute Gasteiger partial charge is 0.466 e. The quantitative estimate of drug-likeness (QED) is 0.708. The predicted octanol–water partition coefficient (Wildman–Crippen LogP) is 2.11. The van der Waals surface area contributed by atoms with Gasteiger partial charge in [0.1, 0.15) is 0 Å². The van der Waals surface area contributed by atoms with E-state index in [4.69, 9.17) is 4.74 Å². The zero-order chi connectivity index (χ0) is 11.4. The number of esters is 1. The highest BCUT2D eigenvalue weighted by molar-refractivity contribution is 5.65. The second-order valence-electron chi connectivity index (χ2n) is 5.35. The maximum absolute atomic E-state index is 10.6. The Balaban J connectivity index is 3.89. The zero-order valence-electron chi connectivity index (χ0n) is 10.2. The van der Waals surface area contributed by atoms with E-state index >= 15 is 0 Å². The lowest BCUT2D eigenvalue weighted by molar-refractivity contribution is -0.141. The topological polar surface area (TPSA) is 38.3 Å². The van der Waals surface area contributed by atoms with Gasteiger partial charge in [-0.15, -0.1) is 0 Å². The summed E-state index contributed by atoms with van der Waals surface area (Å²) < 4.78 is 4.91. The fourth-order valence-electron chi connectivity index (χ4n) is 1.53. The van der Waals surface area contributed by atoms with Gasteiger partial charge in [-0.2, -0.15) is 0 Å². The first-order chi connectivity index (χ1) is 6.12. The van der Waals surface area contributed by atoms with E-state index in [0.29, 0.717) is 6.61 Å². The second kappa shape index (κ2) is 4.78. The standard InChI is InChI=1S/C11H23NO2/c1-9(13)14-8-7-11(5,6)12-10(2,3)4/h12H,7-8H2,1-6H3. The molecule has 0 bridgehead atoms. The van der Waals surface area contributed by atoms with E-state index in [9.17, 15) is 4.79 Å². The van der Waals surface area contributed by atoms with Gasteiger partial charge in [0.2, 0.25) is 0 Å². The summed E-state index contributed by atoms with van der Waals surface area (Å²) >= 11 is 0. The number of carbonyl (C=O) groups excluding carboxylic acids is 1. The summed E-state index contributed by atoms with van der Waals surface area (Å²) in [6, 6.07) is 0. The first-order valence-corrected chi connectivity index (χ1v) is 5.05. The summed E-state index contributed by atoms with van der Waals surface area (Å²) in [4.78, 5) is 10.6. The lowest BCUT2D eigenvalue weighted by Gasteiger charge is -2.34. The molecule has 0 radical (unpaired) electrons. The first-order valence-electron chi connectivity index (χ1n) is 5.05. The molecule has 0 amide bonds. The minimum Gasteiger partial charge on any atom is -0.466 e. The fraction of sp³-hybridized carbons (Fsp3) is 0.909. The van der Waals surface area contributed by atoms with Crippen molar-refractivity contribution in [1.82, 2.24) is 5.32 Å². The van der Waals surface area contributed by atoms with Crippen LogP contribution >= 0.6 is 0 Å². The van der Waals surface area contributed by atoms with Gasteiger partial charge in [-0.1, -0.05) is 0 Å². The van der Waals surface area contributed by atoms with E-state index in [0.717, 1.165) is 6.42 Å². The molecule has 0 aliphatic rings. The highest BCUT2D eigenvalue weighted by Gasteiger charge is 2.23. The van der Waals surface area contributed by atoms with Gasteiger partial charge in [-0.25, -0.2) is 0 Å². The van der Waals surface area contributed by atoms with Crippen molar-refractivity contribution in [3.8, 4) is 0 Å². The third kappa shape index (κ3) is 8.05. The van der Waals surface area contributed by atoms with Crippen molar-refractivity contribution in [2.24, 2.45) is 0 Å². The Bertz CT molecular complexity index is 192. The summed E-state index contributed by atoms with van der Waals surface area (Å²) in [7, 11) is 0. The number of hydrogen-bond donors (Lipinski definition) is 1. The van der Waals surface area contributed by atoms with Gasteiger partial charge in [0, 0.05) is 18.0 Å². The lowest BCUT2D eigenvalue weighted by Crippen LogP contribution is -2.50. The summed E-state index contributed by atoms with van der Waals surface area (Å²) in [5.74, 6) is -0.212. The number of ether oxygens (including phenoxy) is 1. The second-order valence-corrected chi connectivity index (χ2v) is 5.35. The van der Waals surface area contributed by atoms with Crippen LogP contribution in [0.3, 0.4) is 0 Å². The van der Waals surface area contributed by atoms with E-state index in [2.05, 4.69) is 39.9 Å². The third-order valence-corrected chi connectivity index (χ3v) is 1.75. The molecule has 3 heteroatoms. The molecule has 0 aliphatic heterocycles. The van der Waals surface area contributed by atoms with Crippen LogP contribution in [0.4, 0.5) is 0 Å². The Labute approximate surface area is 87.2 Å². The first kappa shape index (κ1) is 13.4. The Morgan fingerprint density at radius 3 is 2.07 bits per heavy atom. The normalized spacial score (nSPS) is 12.7. The summed E-state index contributed by atoms with van der Waals surface area (Å²) in [6.07, 6.45) is 0.823. The van der Waals surface area contributed by atoms with Crippen LogP contribution in [-0.4, -0.2) is 23.7 Å². The molecule has 0 spiro atoms. The zero-order valence-corrected chi connectivity index (χ0v) is 10.2. The Kier molecular flexibility index (Phi) is 4.59. The van der Waals surface area contributed by atoms with Gasteiger partial charge in [-0.3, -0.25) is 4.79 Å². The Hall–Kier alpha value is -0.570. The van der Waals surface area contributed by atoms with E-state index in [1.54, 1.807) is 0 Å². The number of rotatable bonds is 4. The van der Waals surface area contributed by atoms with Crippen LogP contribution in [0, 0.1) is 0 Å². The van der Waals surface area contributed by atoms with E-state index in [1.165, 1.54) is 6.92 Å². The van der Waals surface area contributed by atoms with Crippen LogP contribution in [-0.2, 0) is 9.53 Å². The van der Waals surface area contributed by atoms with Gasteiger partial charge < -0.3 is 10.1 Å². The molecular weight excluding hydrogens is 178 g/mol. The highest BCUT2D eigenvalue weighted by Crippen LogP contribution is 2.14. The molecule has 0 atom stereocenters. The van der Waals surface area contributed by atoms with Gasteiger partial charge in [0.05, 0.1) is 6.61 Å². The molecule has 0 aliphatic carbocycles. The molecule has 0 unspecified atom stereocenters. The Morgan fingerprint density at radius 1 is 1.21 bits per heavy atom. The molecule has 0 aromatic rings. The molecule has 0 aromatic heterocycles. The maximum Gasteiger partial charge on any atom is 0.302 e. The summed E-state index contributed by atoms with van der Waals surface area (Å²) in [6.45, 7) is 12.5. The van der Waals surface area contributed by atoms with Crippen LogP contribution in [0.15, 0.2) is 0 Å². The van der Waals surface area contributed by atoms with Crippen molar-refractivity contribution >= 4 is 5.97 Å². The van der Waals surface area contributed by atoms with Gasteiger partial charge in [-0.05, 0) is 41.0 Å². The van der Waals surface area contributed by atoms with Crippen molar-refractivity contribution in [3.63, 3.8) is 0 Å². The lowest BCUT2D eigenvalue weighted by atomic mass is 9.96. The van der Waals surface area contributed by atoms with Crippen molar-refractivity contribution in [3.05, 3.63) is 0 Å². The van der Waals surface area contributed by atoms with E-state index in [-0.39, 0.29) is 17.0 Å². The Morgan fingerprint density at radius 2 is 1.71 bits per heavy atom. The van der Waals surface area contributed by atoms with Crippen molar-refractivity contribution in [2.45, 2.75) is 59.0 Å². The number of hydrogen-bond acceptors (Lipinski definition) is 3. The minimum absolute atomic E-state index is 0.00625. The number of carbonyl (C=O) groups is 1.